The summed E-state index contributed by atoms with van der Waals surface area (Å²) in [4.78, 5) is 12.2. The summed E-state index contributed by atoms with van der Waals surface area (Å²) in [5.74, 6) is 0.776. The lowest BCUT2D eigenvalue weighted by Crippen LogP contribution is -2.26. The molecule has 0 heterocycles. The van der Waals surface area contributed by atoms with E-state index in [9.17, 15) is 4.79 Å². The van der Waals surface area contributed by atoms with Gasteiger partial charge in [0.05, 0.1) is 6.61 Å². The number of amides is 1. The van der Waals surface area contributed by atoms with E-state index in [-0.39, 0.29) is 5.91 Å². The largest absolute Gasteiger partial charge is 0.494 e. The first kappa shape index (κ1) is 15.9. The Morgan fingerprint density at radius 2 is 2.00 bits per heavy atom. The third-order valence-electron chi connectivity index (χ3n) is 3.46. The Kier molecular flexibility index (Phi) is 5.42. The molecule has 0 fully saturated rings. The van der Waals surface area contributed by atoms with Crippen molar-refractivity contribution in [3.63, 3.8) is 0 Å². The molecule has 4 heteroatoms. The third kappa shape index (κ3) is 4.01. The van der Waals surface area contributed by atoms with Gasteiger partial charge in [0.25, 0.3) is 5.91 Å². The van der Waals surface area contributed by atoms with Gasteiger partial charge in [-0.15, -0.1) is 0 Å². The first-order chi connectivity index (χ1) is 10.6. The Hall–Kier alpha value is -2.49. The molecule has 0 atom stereocenters. The Morgan fingerprint density at radius 1 is 1.23 bits per heavy atom. The molecule has 0 aromatic heterocycles. The number of carbonyl (C=O) groups excluding carboxylic acids is 1. The maximum absolute atomic E-state index is 12.2. The predicted octanol–water partition coefficient (Wildman–Crippen LogP) is 2.95. The Morgan fingerprint density at radius 3 is 2.77 bits per heavy atom. The van der Waals surface area contributed by atoms with Gasteiger partial charge in [-0.25, -0.2) is 0 Å². The average molecular weight is 298 g/mol. The summed E-state index contributed by atoms with van der Waals surface area (Å²) in [6, 6.07) is 13.2. The highest BCUT2D eigenvalue weighted by Gasteiger charge is 2.09. The van der Waals surface area contributed by atoms with Crippen molar-refractivity contribution in [2.45, 2.75) is 20.3 Å². The smallest absolute Gasteiger partial charge is 0.251 e. The molecular formula is C18H22N2O2. The van der Waals surface area contributed by atoms with Crippen LogP contribution in [-0.2, 0) is 6.42 Å². The Bertz CT molecular complexity index is 653. The average Bonchev–Trinajstić information content (AvgIpc) is 2.51. The number of rotatable bonds is 6. The minimum absolute atomic E-state index is 0.0984. The summed E-state index contributed by atoms with van der Waals surface area (Å²) in [6.07, 6.45) is 0.725. The number of nitrogens with two attached hydrogens (primary N) is 1. The molecule has 2 rings (SSSR count). The van der Waals surface area contributed by atoms with Gasteiger partial charge in [0.1, 0.15) is 5.75 Å². The quantitative estimate of drug-likeness (QED) is 0.806. The third-order valence-corrected chi connectivity index (χ3v) is 3.46. The van der Waals surface area contributed by atoms with Crippen molar-refractivity contribution in [2.75, 3.05) is 18.9 Å². The molecule has 0 saturated heterocycles. The number of aryl methyl sites for hydroxylation is 1. The van der Waals surface area contributed by atoms with Gasteiger partial charge in [-0.2, -0.15) is 0 Å². The summed E-state index contributed by atoms with van der Waals surface area (Å²) in [5.41, 5.74) is 8.97. The summed E-state index contributed by atoms with van der Waals surface area (Å²) in [7, 11) is 0. The maximum atomic E-state index is 12.2. The molecule has 0 saturated carbocycles. The van der Waals surface area contributed by atoms with E-state index in [4.69, 9.17) is 10.5 Å². The molecule has 2 aromatic rings. The minimum Gasteiger partial charge on any atom is -0.494 e. The van der Waals surface area contributed by atoms with E-state index in [1.165, 1.54) is 0 Å². The zero-order chi connectivity index (χ0) is 15.9. The minimum atomic E-state index is -0.0984. The van der Waals surface area contributed by atoms with Gasteiger partial charge in [0, 0.05) is 17.8 Å². The maximum Gasteiger partial charge on any atom is 0.251 e. The van der Waals surface area contributed by atoms with Crippen LogP contribution < -0.4 is 15.8 Å². The number of hydrogen-bond donors (Lipinski definition) is 2. The van der Waals surface area contributed by atoms with Crippen LogP contribution in [0.2, 0.25) is 0 Å². The zero-order valence-electron chi connectivity index (χ0n) is 13.1. The van der Waals surface area contributed by atoms with Crippen LogP contribution in [0.3, 0.4) is 0 Å². The van der Waals surface area contributed by atoms with Gasteiger partial charge in [0.15, 0.2) is 0 Å². The number of ether oxygens (including phenoxy) is 1. The summed E-state index contributed by atoms with van der Waals surface area (Å²) in [6.45, 7) is 5.04. The van der Waals surface area contributed by atoms with Gasteiger partial charge in [-0.1, -0.05) is 24.3 Å². The molecule has 0 unspecified atom stereocenters. The fourth-order valence-corrected chi connectivity index (χ4v) is 2.30. The van der Waals surface area contributed by atoms with Gasteiger partial charge in [0.2, 0.25) is 0 Å². The lowest BCUT2D eigenvalue weighted by Gasteiger charge is -2.11. The number of hydrogen-bond acceptors (Lipinski definition) is 3. The normalized spacial score (nSPS) is 10.3. The summed E-state index contributed by atoms with van der Waals surface area (Å²) < 4.78 is 5.58. The standard InChI is InChI=1S/C18H22N2O2/c1-3-22-17-7-5-4-6-14(17)10-11-20-18(21)16-12-15(19)9-8-13(16)2/h4-9,12H,3,10-11,19H2,1-2H3,(H,20,21). The van der Waals surface area contributed by atoms with E-state index in [2.05, 4.69) is 5.32 Å². The predicted molar refractivity (Wildman–Crippen MR) is 89.2 cm³/mol. The summed E-state index contributed by atoms with van der Waals surface area (Å²) >= 11 is 0. The van der Waals surface area contributed by atoms with Crippen molar-refractivity contribution in [2.24, 2.45) is 0 Å². The van der Waals surface area contributed by atoms with Crippen LogP contribution in [0.15, 0.2) is 42.5 Å². The lowest BCUT2D eigenvalue weighted by atomic mass is 10.1. The molecule has 4 nitrogen and oxygen atoms in total. The van der Waals surface area contributed by atoms with Crippen LogP contribution >= 0.6 is 0 Å². The molecule has 1 amide bonds. The van der Waals surface area contributed by atoms with Crippen LogP contribution in [0.4, 0.5) is 5.69 Å². The fourth-order valence-electron chi connectivity index (χ4n) is 2.30. The molecule has 2 aromatic carbocycles. The lowest BCUT2D eigenvalue weighted by molar-refractivity contribution is 0.0953. The number of nitrogens with one attached hydrogen (secondary N) is 1. The molecule has 0 radical (unpaired) electrons. The van der Waals surface area contributed by atoms with Gasteiger partial charge in [-0.3, -0.25) is 4.79 Å². The van der Waals surface area contributed by atoms with Crippen molar-refractivity contribution < 1.29 is 9.53 Å². The van der Waals surface area contributed by atoms with Crippen molar-refractivity contribution in [3.8, 4) is 5.75 Å². The number of nitrogen functional groups attached to an aromatic ring is 1. The molecule has 0 spiro atoms. The van der Waals surface area contributed by atoms with E-state index in [0.29, 0.717) is 24.4 Å². The first-order valence-electron chi connectivity index (χ1n) is 7.47. The molecule has 0 aliphatic heterocycles. The van der Waals surface area contributed by atoms with E-state index in [1.807, 2.05) is 44.2 Å². The van der Waals surface area contributed by atoms with E-state index < -0.39 is 0 Å². The highest BCUT2D eigenvalue weighted by atomic mass is 16.5. The molecule has 116 valence electrons. The second-order valence-electron chi connectivity index (χ2n) is 5.12. The molecule has 3 N–H and O–H groups in total. The molecule has 0 bridgehead atoms. The van der Waals surface area contributed by atoms with Crippen LogP contribution in [-0.4, -0.2) is 19.1 Å². The Balaban J connectivity index is 1.96. The molecule has 22 heavy (non-hydrogen) atoms. The number of benzene rings is 2. The van der Waals surface area contributed by atoms with Crippen LogP contribution in [0, 0.1) is 6.92 Å². The van der Waals surface area contributed by atoms with Crippen molar-refractivity contribution in [3.05, 3.63) is 59.2 Å². The first-order valence-corrected chi connectivity index (χ1v) is 7.47. The van der Waals surface area contributed by atoms with Crippen molar-refractivity contribution in [1.82, 2.24) is 5.32 Å². The SMILES string of the molecule is CCOc1ccccc1CCNC(=O)c1cc(N)ccc1C. The van der Waals surface area contributed by atoms with Gasteiger partial charge in [-0.05, 0) is 49.6 Å². The van der Waals surface area contributed by atoms with E-state index >= 15 is 0 Å². The number of anilines is 1. The number of carbonyl (C=O) groups is 1. The second kappa shape index (κ2) is 7.50. The highest BCUT2D eigenvalue weighted by molar-refractivity contribution is 5.96. The topological polar surface area (TPSA) is 64.3 Å². The van der Waals surface area contributed by atoms with Crippen molar-refractivity contribution in [1.29, 1.82) is 0 Å². The van der Waals surface area contributed by atoms with Gasteiger partial charge < -0.3 is 15.8 Å². The van der Waals surface area contributed by atoms with Crippen LogP contribution in [0.5, 0.6) is 5.75 Å². The molecular weight excluding hydrogens is 276 g/mol. The van der Waals surface area contributed by atoms with Crippen molar-refractivity contribution >= 4 is 11.6 Å². The Labute approximate surface area is 131 Å². The zero-order valence-corrected chi connectivity index (χ0v) is 13.1. The summed E-state index contributed by atoms with van der Waals surface area (Å²) in [5, 5.41) is 2.93. The van der Waals surface area contributed by atoms with E-state index in [1.54, 1.807) is 12.1 Å². The highest BCUT2D eigenvalue weighted by Crippen LogP contribution is 2.18. The molecule has 0 aliphatic rings. The fraction of sp³-hybridized carbons (Fsp3) is 0.278. The molecule has 0 aliphatic carbocycles. The van der Waals surface area contributed by atoms with E-state index in [0.717, 1.165) is 23.3 Å². The second-order valence-corrected chi connectivity index (χ2v) is 5.12. The van der Waals surface area contributed by atoms with Crippen LogP contribution in [0.1, 0.15) is 28.4 Å². The number of para-hydroxylation sites is 1. The monoisotopic (exact) mass is 298 g/mol. The van der Waals surface area contributed by atoms with Crippen LogP contribution in [0.25, 0.3) is 0 Å². The van der Waals surface area contributed by atoms with Gasteiger partial charge >= 0.3 is 0 Å².